The number of carbonyl (C=O) groups excluding carboxylic acids is 2. The molecule has 2 unspecified atom stereocenters. The van der Waals surface area contributed by atoms with Gasteiger partial charge in [-0.25, -0.2) is 0 Å². The fraction of sp³-hybridized carbons (Fsp3) is 0.586. The van der Waals surface area contributed by atoms with Crippen LogP contribution in [0.3, 0.4) is 0 Å². The Morgan fingerprint density at radius 1 is 1.23 bits per heavy atom. The van der Waals surface area contributed by atoms with Gasteiger partial charge in [0, 0.05) is 24.0 Å². The van der Waals surface area contributed by atoms with Gasteiger partial charge in [-0.3, -0.25) is 0 Å². The second kappa shape index (κ2) is 20.5. The van der Waals surface area contributed by atoms with Crippen LogP contribution in [0.5, 0.6) is 0 Å². The van der Waals surface area contributed by atoms with Crippen molar-refractivity contribution in [3.8, 4) is 0 Å². The summed E-state index contributed by atoms with van der Waals surface area (Å²) in [6.45, 7) is 23.5. The molecule has 2 rings (SSSR count). The summed E-state index contributed by atoms with van der Waals surface area (Å²) in [4.78, 5) is 21.8. The monoisotopic (exact) mass is 505 g/mol. The first-order valence-electron chi connectivity index (χ1n) is 12.5. The largest absolute Gasteiger partial charge is 0.321 e. The Bertz CT molecular complexity index is 722. The third-order valence-electron chi connectivity index (χ3n) is 5.40. The van der Waals surface area contributed by atoms with Gasteiger partial charge in [0.25, 0.3) is 0 Å². The smallest absolute Gasteiger partial charge is 0.137 e. The van der Waals surface area contributed by atoms with Gasteiger partial charge in [-0.15, -0.1) is 0 Å². The maximum Gasteiger partial charge on any atom is 0.137 e. The molecular weight excluding hydrogens is 454 g/mol. The summed E-state index contributed by atoms with van der Waals surface area (Å²) in [5, 5.41) is 5.49. The molecule has 0 aromatic heterocycles. The molecule has 35 heavy (non-hydrogen) atoms. The van der Waals surface area contributed by atoms with Crippen molar-refractivity contribution >= 4 is 29.7 Å². The quantitative estimate of drug-likeness (QED) is 0.405. The lowest BCUT2D eigenvalue weighted by molar-refractivity contribution is -0.110. The van der Waals surface area contributed by atoms with E-state index in [9.17, 15) is 4.79 Å². The lowest BCUT2D eigenvalue weighted by Crippen LogP contribution is -2.36. The number of likely N-dealkylation sites (N-methyl/N-ethyl adjacent to an activating group) is 1. The minimum absolute atomic E-state index is 0.0816. The van der Waals surface area contributed by atoms with Gasteiger partial charge in [-0.2, -0.15) is 0 Å². The summed E-state index contributed by atoms with van der Waals surface area (Å²) in [5.41, 5.74) is 9.26. The molecular formula is C29H51N3O2S. The zero-order chi connectivity index (χ0) is 27.4. The number of hydrogen-bond acceptors (Lipinski definition) is 6. The first-order valence-corrected chi connectivity index (χ1v) is 13.3. The minimum Gasteiger partial charge on any atom is -0.321 e. The van der Waals surface area contributed by atoms with Crippen LogP contribution in [0.1, 0.15) is 78.9 Å². The van der Waals surface area contributed by atoms with Gasteiger partial charge in [-0.1, -0.05) is 89.2 Å². The summed E-state index contributed by atoms with van der Waals surface area (Å²) in [7, 11) is 2.23. The predicted octanol–water partition coefficient (Wildman–Crippen LogP) is 6.29. The molecule has 3 N–H and O–H groups in total. The molecule has 1 aromatic rings. The molecule has 0 amide bonds. The van der Waals surface area contributed by atoms with E-state index >= 15 is 0 Å². The average Bonchev–Trinajstić information content (AvgIpc) is 3.23. The number of nitrogens with two attached hydrogens (primary N) is 1. The first kappa shape index (κ1) is 35.4. The summed E-state index contributed by atoms with van der Waals surface area (Å²) in [6.07, 6.45) is 4.69. The van der Waals surface area contributed by atoms with E-state index < -0.39 is 0 Å². The van der Waals surface area contributed by atoms with Crippen LogP contribution in [0.15, 0.2) is 41.8 Å². The molecule has 0 spiro atoms. The van der Waals surface area contributed by atoms with Gasteiger partial charge in [-0.05, 0) is 62.2 Å². The molecule has 0 radical (unpaired) electrons. The standard InChI is InChI=1S/C19H28N2S.C6H13NO.C3H8.CH2O/c1-5-22-19(15(2)3)17-10-8-16(9-11-17)13-20-14-18-7-6-12-21(18)4;1-6(2,3)5(7)4-8;1-3-2;1-2/h5,8-11,18,20H,1,6-7,12-14H2,2-4H3;4-5H,7H2,1-3H3;3H2,1-2H3;1H2. The fourth-order valence-electron chi connectivity index (χ4n) is 3.16. The van der Waals surface area contributed by atoms with E-state index in [2.05, 4.69) is 75.8 Å². The van der Waals surface area contributed by atoms with Crippen molar-refractivity contribution < 1.29 is 9.59 Å². The van der Waals surface area contributed by atoms with Crippen molar-refractivity contribution in [3.05, 3.63) is 53.0 Å². The zero-order valence-corrected chi connectivity index (χ0v) is 24.3. The number of thioether (sulfide) groups is 1. The van der Waals surface area contributed by atoms with Crippen molar-refractivity contribution in [3.63, 3.8) is 0 Å². The normalized spacial score (nSPS) is 15.7. The van der Waals surface area contributed by atoms with E-state index in [4.69, 9.17) is 10.5 Å². The lowest BCUT2D eigenvalue weighted by Gasteiger charge is -2.20. The van der Waals surface area contributed by atoms with E-state index in [1.807, 2.05) is 33.0 Å². The molecule has 200 valence electrons. The average molecular weight is 506 g/mol. The Kier molecular flexibility index (Phi) is 20.7. The maximum atomic E-state index is 10.0. The lowest BCUT2D eigenvalue weighted by atomic mass is 9.89. The zero-order valence-electron chi connectivity index (χ0n) is 23.5. The van der Waals surface area contributed by atoms with Gasteiger partial charge in [0.2, 0.25) is 0 Å². The minimum atomic E-state index is -0.331. The van der Waals surface area contributed by atoms with E-state index in [0.29, 0.717) is 6.04 Å². The number of benzene rings is 1. The molecule has 1 aliphatic heterocycles. The summed E-state index contributed by atoms with van der Waals surface area (Å²) >= 11 is 1.70. The molecule has 2 atom stereocenters. The van der Waals surface area contributed by atoms with Gasteiger partial charge in [0.05, 0.1) is 6.04 Å². The van der Waals surface area contributed by atoms with Crippen molar-refractivity contribution in [1.29, 1.82) is 0 Å². The Balaban J connectivity index is 0. The van der Waals surface area contributed by atoms with Gasteiger partial charge in [0.1, 0.15) is 13.1 Å². The first-order chi connectivity index (χ1) is 16.5. The highest BCUT2D eigenvalue weighted by atomic mass is 32.2. The van der Waals surface area contributed by atoms with E-state index in [-0.39, 0.29) is 11.5 Å². The fourth-order valence-corrected chi connectivity index (χ4v) is 3.83. The number of hydrogen-bond donors (Lipinski definition) is 2. The summed E-state index contributed by atoms with van der Waals surface area (Å²) in [5.74, 6) is 0. The number of likely N-dealkylation sites (tertiary alicyclic amines) is 1. The van der Waals surface area contributed by atoms with Crippen LogP contribution in [0, 0.1) is 5.41 Å². The molecule has 1 aliphatic rings. The number of allylic oxidation sites excluding steroid dienone is 1. The highest BCUT2D eigenvalue weighted by Gasteiger charge is 2.20. The van der Waals surface area contributed by atoms with Gasteiger partial charge >= 0.3 is 0 Å². The third-order valence-corrected chi connectivity index (χ3v) is 6.44. The topological polar surface area (TPSA) is 75.4 Å². The van der Waals surface area contributed by atoms with Crippen molar-refractivity contribution in [2.75, 3.05) is 20.1 Å². The van der Waals surface area contributed by atoms with Crippen LogP contribution in [-0.2, 0) is 16.1 Å². The Labute approximate surface area is 220 Å². The Morgan fingerprint density at radius 2 is 1.77 bits per heavy atom. The molecule has 1 fully saturated rings. The SMILES string of the molecule is C=CSC(=C(C)C)c1ccc(CNCC2CCCN2C)cc1.C=O.CC(C)(C)C(N)C=O.CCC. The number of aldehydes is 1. The van der Waals surface area contributed by atoms with Crippen molar-refractivity contribution in [2.45, 2.75) is 86.4 Å². The highest BCUT2D eigenvalue weighted by Crippen LogP contribution is 2.31. The highest BCUT2D eigenvalue weighted by molar-refractivity contribution is 8.10. The number of rotatable bonds is 8. The molecule has 1 heterocycles. The van der Waals surface area contributed by atoms with Crippen LogP contribution in [0.25, 0.3) is 4.91 Å². The van der Waals surface area contributed by atoms with Crippen LogP contribution >= 0.6 is 11.8 Å². The van der Waals surface area contributed by atoms with E-state index in [0.717, 1.165) is 19.4 Å². The van der Waals surface area contributed by atoms with E-state index in [1.165, 1.54) is 47.4 Å². The molecule has 1 saturated heterocycles. The van der Waals surface area contributed by atoms with Crippen LogP contribution < -0.4 is 11.1 Å². The molecule has 0 bridgehead atoms. The molecule has 1 aromatic carbocycles. The number of nitrogens with zero attached hydrogens (tertiary/aromatic N) is 1. The Hall–Kier alpha value is -1.73. The predicted molar refractivity (Wildman–Crippen MR) is 156 cm³/mol. The Morgan fingerprint density at radius 3 is 2.11 bits per heavy atom. The molecule has 6 heteroatoms. The second-order valence-corrected chi connectivity index (χ2v) is 10.9. The maximum absolute atomic E-state index is 10.0. The molecule has 5 nitrogen and oxygen atoms in total. The summed E-state index contributed by atoms with van der Waals surface area (Å²) in [6, 6.07) is 9.28. The third kappa shape index (κ3) is 15.8. The van der Waals surface area contributed by atoms with Crippen LogP contribution in [0.4, 0.5) is 0 Å². The second-order valence-electron chi connectivity index (χ2n) is 9.95. The van der Waals surface area contributed by atoms with Gasteiger partial charge in [0.15, 0.2) is 0 Å². The van der Waals surface area contributed by atoms with Crippen LogP contribution in [-0.4, -0.2) is 50.2 Å². The van der Waals surface area contributed by atoms with Gasteiger partial charge < -0.3 is 25.5 Å². The van der Waals surface area contributed by atoms with Crippen LogP contribution in [0.2, 0.25) is 0 Å². The van der Waals surface area contributed by atoms with Crippen molar-refractivity contribution in [2.24, 2.45) is 11.1 Å². The molecule has 0 saturated carbocycles. The van der Waals surface area contributed by atoms with E-state index in [1.54, 1.807) is 11.8 Å². The molecule has 0 aliphatic carbocycles. The van der Waals surface area contributed by atoms with Crippen molar-refractivity contribution in [1.82, 2.24) is 10.2 Å². The summed E-state index contributed by atoms with van der Waals surface area (Å²) < 4.78 is 0. The number of nitrogens with one attached hydrogen (secondary N) is 1. The number of carbonyl (C=O) groups is 2.